The van der Waals surface area contributed by atoms with E-state index in [1.165, 1.54) is 16.7 Å². The number of aliphatic hydroxyl groups excluding tert-OH is 1. The van der Waals surface area contributed by atoms with Gasteiger partial charge in [-0.2, -0.15) is 0 Å². The molecule has 9 nitrogen and oxygen atoms in total. The summed E-state index contributed by atoms with van der Waals surface area (Å²) in [5, 5.41) is 23.1. The van der Waals surface area contributed by atoms with Gasteiger partial charge in [0.15, 0.2) is 0 Å². The first kappa shape index (κ1) is 22.6. The standard InChI is InChI=1S/C21H32N4O5S/c1-10-16-15(11(2)26)20(28)25(16)17(21(29)30)18(10)31-13-7-14(23-8-13)19(27)24-6-4-12(9-24)3-5-22/h10-16,23,26H,3-9,22H2,1-2H3,(H,29,30)/t10-,11-,12?,13+,14+,15?,16?/m1/s1. The number of rotatable bonds is 7. The number of carboxylic acids is 1. The molecule has 0 saturated carbocycles. The SMILES string of the molecule is C[C@@H](O)C1C(=O)N2C(C(=O)O)=C(S[C@@H]3CN[C@H](C(=O)N4CCC(CCN)C4)C3)[C@H](C)C12. The summed E-state index contributed by atoms with van der Waals surface area (Å²) in [5.74, 6) is -1.56. The number of aliphatic carboxylic acids is 1. The van der Waals surface area contributed by atoms with Gasteiger partial charge in [-0.3, -0.25) is 9.59 Å². The predicted molar refractivity (Wildman–Crippen MR) is 116 cm³/mol. The van der Waals surface area contributed by atoms with Crippen molar-refractivity contribution in [1.29, 1.82) is 0 Å². The maximum atomic E-state index is 12.9. The molecule has 3 fully saturated rings. The van der Waals surface area contributed by atoms with Crippen molar-refractivity contribution >= 4 is 29.5 Å². The molecular formula is C21H32N4O5S. The Kier molecular flexibility index (Phi) is 6.35. The third-order valence-electron chi connectivity index (χ3n) is 7.17. The summed E-state index contributed by atoms with van der Waals surface area (Å²) in [6.45, 7) is 6.28. The van der Waals surface area contributed by atoms with Crippen LogP contribution in [0.2, 0.25) is 0 Å². The van der Waals surface area contributed by atoms with Crippen molar-refractivity contribution in [2.75, 3.05) is 26.2 Å². The van der Waals surface area contributed by atoms with Gasteiger partial charge in [-0.15, -0.1) is 11.8 Å². The number of nitrogens with zero attached hydrogens (tertiary/aromatic N) is 2. The summed E-state index contributed by atoms with van der Waals surface area (Å²) < 4.78 is 0. The summed E-state index contributed by atoms with van der Waals surface area (Å²) >= 11 is 1.47. The number of thioether (sulfide) groups is 1. The quantitative estimate of drug-likeness (QED) is 0.390. The summed E-state index contributed by atoms with van der Waals surface area (Å²) in [6.07, 6.45) is 1.75. The van der Waals surface area contributed by atoms with Crippen LogP contribution in [0, 0.1) is 17.8 Å². The highest BCUT2D eigenvalue weighted by Crippen LogP contribution is 2.51. The number of β-lactam (4-membered cyclic amide) rings is 1. The zero-order chi connectivity index (χ0) is 22.4. The van der Waals surface area contributed by atoms with E-state index in [2.05, 4.69) is 5.32 Å². The maximum absolute atomic E-state index is 12.9. The topological polar surface area (TPSA) is 136 Å². The monoisotopic (exact) mass is 452 g/mol. The second kappa shape index (κ2) is 8.73. The first-order valence-corrected chi connectivity index (χ1v) is 12.0. The first-order valence-electron chi connectivity index (χ1n) is 11.1. The fourth-order valence-electron chi connectivity index (χ4n) is 5.56. The molecule has 3 saturated heterocycles. The number of hydrogen-bond acceptors (Lipinski definition) is 7. The van der Waals surface area contributed by atoms with Crippen molar-refractivity contribution in [3.8, 4) is 0 Å². The van der Waals surface area contributed by atoms with Gasteiger partial charge >= 0.3 is 5.97 Å². The molecule has 4 heterocycles. The van der Waals surface area contributed by atoms with Gasteiger partial charge in [0.1, 0.15) is 5.70 Å². The molecule has 172 valence electrons. The number of nitrogens with one attached hydrogen (secondary N) is 1. The minimum Gasteiger partial charge on any atom is -0.477 e. The van der Waals surface area contributed by atoms with Crippen LogP contribution in [-0.4, -0.2) is 87.4 Å². The van der Waals surface area contributed by atoms with Crippen LogP contribution in [-0.2, 0) is 14.4 Å². The fraction of sp³-hybridized carbons (Fsp3) is 0.762. The van der Waals surface area contributed by atoms with E-state index in [0.717, 1.165) is 25.9 Å². The Hall–Kier alpha value is -1.62. The molecule has 0 bridgehead atoms. The molecule has 0 aromatic carbocycles. The van der Waals surface area contributed by atoms with E-state index in [-0.39, 0.29) is 40.8 Å². The Balaban J connectivity index is 1.41. The zero-order valence-electron chi connectivity index (χ0n) is 18.0. The highest BCUT2D eigenvalue weighted by molar-refractivity contribution is 8.03. The number of hydrogen-bond donors (Lipinski definition) is 4. The molecule has 0 spiro atoms. The van der Waals surface area contributed by atoms with Gasteiger partial charge in [0.25, 0.3) is 0 Å². The van der Waals surface area contributed by atoms with Crippen LogP contribution in [0.1, 0.15) is 33.1 Å². The van der Waals surface area contributed by atoms with E-state index in [0.29, 0.717) is 30.3 Å². The second-order valence-electron chi connectivity index (χ2n) is 9.22. The lowest BCUT2D eigenvalue weighted by molar-refractivity contribution is -0.163. The molecule has 0 aliphatic carbocycles. The summed E-state index contributed by atoms with van der Waals surface area (Å²) in [5.41, 5.74) is 5.69. The lowest BCUT2D eigenvalue weighted by Crippen LogP contribution is -2.63. The molecule has 0 radical (unpaired) electrons. The zero-order valence-corrected chi connectivity index (χ0v) is 18.8. The number of carboxylic acid groups (broad SMARTS) is 1. The number of fused-ring (bicyclic) bond motifs is 1. The number of carbonyl (C=O) groups is 3. The molecule has 2 amide bonds. The molecule has 7 atom stereocenters. The highest BCUT2D eigenvalue weighted by atomic mass is 32.2. The Morgan fingerprint density at radius 1 is 1.39 bits per heavy atom. The van der Waals surface area contributed by atoms with Gasteiger partial charge in [0.2, 0.25) is 11.8 Å². The lowest BCUT2D eigenvalue weighted by atomic mass is 9.79. The minimum absolute atomic E-state index is 0.0448. The Labute approximate surface area is 186 Å². The molecular weight excluding hydrogens is 420 g/mol. The van der Waals surface area contributed by atoms with Crippen LogP contribution >= 0.6 is 11.8 Å². The average molecular weight is 453 g/mol. The third-order valence-corrected chi connectivity index (χ3v) is 8.68. The summed E-state index contributed by atoms with van der Waals surface area (Å²) in [6, 6.07) is -0.569. The van der Waals surface area contributed by atoms with Crippen LogP contribution in [0.25, 0.3) is 0 Å². The van der Waals surface area contributed by atoms with Crippen LogP contribution in [0.15, 0.2) is 10.6 Å². The van der Waals surface area contributed by atoms with Crippen molar-refractivity contribution in [2.45, 2.75) is 56.5 Å². The van der Waals surface area contributed by atoms with E-state index in [1.807, 2.05) is 11.8 Å². The van der Waals surface area contributed by atoms with Crippen LogP contribution in [0.3, 0.4) is 0 Å². The number of amides is 2. The smallest absolute Gasteiger partial charge is 0.353 e. The van der Waals surface area contributed by atoms with Gasteiger partial charge in [-0.25, -0.2) is 4.79 Å². The van der Waals surface area contributed by atoms with Crippen molar-refractivity contribution in [3.05, 3.63) is 10.6 Å². The average Bonchev–Trinajstić information content (AvgIpc) is 3.41. The molecule has 4 aliphatic heterocycles. The van der Waals surface area contributed by atoms with Gasteiger partial charge in [0, 0.05) is 35.7 Å². The van der Waals surface area contributed by atoms with Crippen LogP contribution in [0.5, 0.6) is 0 Å². The second-order valence-corrected chi connectivity index (χ2v) is 10.6. The Morgan fingerprint density at radius 2 is 2.13 bits per heavy atom. The van der Waals surface area contributed by atoms with Crippen molar-refractivity contribution < 1.29 is 24.6 Å². The normalized spacial score (nSPS) is 36.1. The molecule has 0 aromatic heterocycles. The number of nitrogens with two attached hydrogens (primary N) is 1. The van der Waals surface area contributed by atoms with Gasteiger partial charge in [-0.05, 0) is 38.6 Å². The lowest BCUT2D eigenvalue weighted by Gasteiger charge is -2.46. The number of aliphatic hydroxyl groups is 1. The molecule has 5 N–H and O–H groups in total. The molecule has 4 rings (SSSR count). The first-order chi connectivity index (χ1) is 14.7. The van der Waals surface area contributed by atoms with Crippen molar-refractivity contribution in [1.82, 2.24) is 15.1 Å². The minimum atomic E-state index is -1.11. The highest BCUT2D eigenvalue weighted by Gasteiger charge is 2.60. The summed E-state index contributed by atoms with van der Waals surface area (Å²) in [7, 11) is 0. The molecule has 31 heavy (non-hydrogen) atoms. The van der Waals surface area contributed by atoms with E-state index < -0.39 is 18.0 Å². The third kappa shape index (κ3) is 3.88. The largest absolute Gasteiger partial charge is 0.477 e. The Bertz CT molecular complexity index is 803. The summed E-state index contributed by atoms with van der Waals surface area (Å²) in [4.78, 5) is 41.3. The van der Waals surface area contributed by atoms with E-state index in [4.69, 9.17) is 5.73 Å². The number of carbonyl (C=O) groups excluding carboxylic acids is 2. The predicted octanol–water partition coefficient (Wildman–Crippen LogP) is -0.199. The maximum Gasteiger partial charge on any atom is 0.353 e. The van der Waals surface area contributed by atoms with E-state index in [1.54, 1.807) is 6.92 Å². The van der Waals surface area contributed by atoms with Gasteiger partial charge in [0.05, 0.1) is 24.1 Å². The molecule has 4 aliphatic rings. The van der Waals surface area contributed by atoms with Crippen molar-refractivity contribution in [2.24, 2.45) is 23.5 Å². The van der Waals surface area contributed by atoms with Crippen LogP contribution < -0.4 is 11.1 Å². The van der Waals surface area contributed by atoms with Crippen molar-refractivity contribution in [3.63, 3.8) is 0 Å². The van der Waals surface area contributed by atoms with Crippen LogP contribution in [0.4, 0.5) is 0 Å². The molecule has 0 aromatic rings. The number of likely N-dealkylation sites (tertiary alicyclic amines) is 1. The fourth-order valence-corrected chi connectivity index (χ4v) is 7.04. The van der Waals surface area contributed by atoms with Gasteiger partial charge < -0.3 is 31.1 Å². The molecule has 10 heteroatoms. The Morgan fingerprint density at radius 3 is 2.77 bits per heavy atom. The van der Waals surface area contributed by atoms with E-state index in [9.17, 15) is 24.6 Å². The molecule has 3 unspecified atom stereocenters. The van der Waals surface area contributed by atoms with Gasteiger partial charge in [-0.1, -0.05) is 6.92 Å². The van der Waals surface area contributed by atoms with E-state index >= 15 is 0 Å².